The lowest BCUT2D eigenvalue weighted by molar-refractivity contribution is 0.0696. The van der Waals surface area contributed by atoms with Crippen molar-refractivity contribution in [1.82, 2.24) is 4.90 Å². The van der Waals surface area contributed by atoms with Gasteiger partial charge in [0.05, 0.1) is 11.1 Å². The van der Waals surface area contributed by atoms with Gasteiger partial charge >= 0.3 is 18.0 Å². The molecule has 206 valence electrons. The third kappa shape index (κ3) is 7.59. The Morgan fingerprint density at radius 3 is 2.28 bits per heavy atom. The lowest BCUT2D eigenvalue weighted by atomic mass is 9.74. The second kappa shape index (κ2) is 13.3. The largest absolute Gasteiger partial charge is 0.478 e. The molecule has 1 heterocycles. The van der Waals surface area contributed by atoms with E-state index in [0.29, 0.717) is 11.4 Å². The maximum absolute atomic E-state index is 12.6. The van der Waals surface area contributed by atoms with Gasteiger partial charge < -0.3 is 19.5 Å². The van der Waals surface area contributed by atoms with Crippen LogP contribution in [0.15, 0.2) is 72.8 Å². The number of amides is 1. The maximum Gasteiger partial charge on any atom is 0.417 e. The van der Waals surface area contributed by atoms with Crippen LogP contribution in [0.2, 0.25) is 0 Å². The van der Waals surface area contributed by atoms with E-state index in [1.54, 1.807) is 18.2 Å². The highest BCUT2D eigenvalue weighted by Crippen LogP contribution is 2.37. The molecule has 9 heteroatoms. The van der Waals surface area contributed by atoms with Crippen molar-refractivity contribution in [2.45, 2.75) is 38.0 Å². The van der Waals surface area contributed by atoms with Crippen LogP contribution in [0.5, 0.6) is 11.5 Å². The summed E-state index contributed by atoms with van der Waals surface area (Å²) in [5.41, 5.74) is 2.05. The number of esters is 1. The lowest BCUT2D eigenvalue weighted by Crippen LogP contribution is -2.37. The van der Waals surface area contributed by atoms with Gasteiger partial charge in [-0.05, 0) is 99.1 Å². The van der Waals surface area contributed by atoms with Crippen molar-refractivity contribution < 1.29 is 29.0 Å². The van der Waals surface area contributed by atoms with E-state index in [0.717, 1.165) is 25.9 Å². The van der Waals surface area contributed by atoms with Crippen LogP contribution < -0.4 is 14.8 Å². The Morgan fingerprint density at radius 2 is 1.62 bits per heavy atom. The number of benzene rings is 3. The number of ether oxygens (including phenoxy) is 2. The van der Waals surface area contributed by atoms with Crippen LogP contribution in [-0.2, 0) is 5.41 Å². The summed E-state index contributed by atoms with van der Waals surface area (Å²) >= 11 is 0. The number of anilines is 1. The molecule has 1 amide bonds. The van der Waals surface area contributed by atoms with Gasteiger partial charge in [-0.25, -0.2) is 14.4 Å². The number of hydrogen-bond donors (Lipinski definition) is 2. The summed E-state index contributed by atoms with van der Waals surface area (Å²) in [6.45, 7) is 4.28. The number of carboxylic acid groups (broad SMARTS) is 1. The minimum Gasteiger partial charge on any atom is -0.478 e. The molecule has 0 radical (unpaired) electrons. The highest BCUT2D eigenvalue weighted by molar-refractivity contribution is 5.93. The first-order valence-corrected chi connectivity index (χ1v) is 12.7. The van der Waals surface area contributed by atoms with Gasteiger partial charge in [0.15, 0.2) is 0 Å². The predicted molar refractivity (Wildman–Crippen MR) is 151 cm³/mol. The van der Waals surface area contributed by atoms with Crippen molar-refractivity contribution in [2.75, 3.05) is 25.5 Å². The van der Waals surface area contributed by atoms with Gasteiger partial charge in [-0.3, -0.25) is 5.32 Å². The van der Waals surface area contributed by atoms with Crippen LogP contribution in [0.3, 0.4) is 0 Å². The van der Waals surface area contributed by atoms with Crippen molar-refractivity contribution in [1.29, 1.82) is 0 Å². The number of carboxylic acids is 1. The highest BCUT2D eigenvalue weighted by Gasteiger charge is 2.33. The Labute approximate surface area is 234 Å². The third-order valence-corrected chi connectivity index (χ3v) is 7.03. The van der Waals surface area contributed by atoms with Crippen LogP contribution in [0.1, 0.15) is 58.9 Å². The molecule has 1 aliphatic rings. The topological polar surface area (TPSA) is 105 Å². The zero-order valence-corrected chi connectivity index (χ0v) is 22.8. The Hall–Kier alpha value is -3.88. The van der Waals surface area contributed by atoms with Crippen LogP contribution in [0, 0.1) is 0 Å². The minimum atomic E-state index is -1.06. The van der Waals surface area contributed by atoms with Crippen molar-refractivity contribution >= 4 is 36.1 Å². The van der Waals surface area contributed by atoms with Crippen LogP contribution in [-0.4, -0.2) is 48.2 Å². The van der Waals surface area contributed by atoms with Crippen molar-refractivity contribution in [3.63, 3.8) is 0 Å². The van der Waals surface area contributed by atoms with E-state index < -0.39 is 18.0 Å². The van der Waals surface area contributed by atoms with Gasteiger partial charge in [0.2, 0.25) is 0 Å². The molecule has 8 nitrogen and oxygen atoms in total. The van der Waals surface area contributed by atoms with E-state index in [-0.39, 0.29) is 34.7 Å². The summed E-state index contributed by atoms with van der Waals surface area (Å²) in [4.78, 5) is 38.3. The Morgan fingerprint density at radius 1 is 0.923 bits per heavy atom. The third-order valence-electron chi connectivity index (χ3n) is 7.03. The average molecular weight is 553 g/mol. The van der Waals surface area contributed by atoms with Gasteiger partial charge in [0.25, 0.3) is 0 Å². The van der Waals surface area contributed by atoms with Gasteiger partial charge in [-0.1, -0.05) is 25.5 Å². The van der Waals surface area contributed by atoms with Crippen LogP contribution in [0.25, 0.3) is 0 Å². The summed E-state index contributed by atoms with van der Waals surface area (Å²) in [7, 11) is 2.16. The van der Waals surface area contributed by atoms with E-state index in [1.165, 1.54) is 54.8 Å². The molecule has 4 rings (SSSR count). The zero-order chi connectivity index (χ0) is 27.1. The molecule has 1 aliphatic heterocycles. The molecule has 1 unspecified atom stereocenters. The summed E-state index contributed by atoms with van der Waals surface area (Å²) in [6, 6.07) is 19.5. The highest BCUT2D eigenvalue weighted by atomic mass is 35.5. The van der Waals surface area contributed by atoms with Crippen LogP contribution in [0.4, 0.5) is 10.5 Å². The van der Waals surface area contributed by atoms with Gasteiger partial charge in [-0.15, -0.1) is 12.4 Å². The number of nitrogens with one attached hydrogen (secondary N) is 1. The molecule has 0 aromatic heterocycles. The number of likely N-dealkylation sites (N-methyl/N-ethyl adjacent to an activating group) is 1. The smallest absolute Gasteiger partial charge is 0.417 e. The predicted octanol–water partition coefficient (Wildman–Crippen LogP) is 6.40. The first-order valence-electron chi connectivity index (χ1n) is 12.7. The average Bonchev–Trinajstić information content (AvgIpc) is 3.11. The first kappa shape index (κ1) is 29.7. The molecule has 1 saturated heterocycles. The molecule has 3 aromatic rings. The van der Waals surface area contributed by atoms with Crippen LogP contribution >= 0.6 is 12.4 Å². The molecule has 39 heavy (non-hydrogen) atoms. The lowest BCUT2D eigenvalue weighted by Gasteiger charge is -2.35. The second-order valence-electron chi connectivity index (χ2n) is 9.67. The van der Waals surface area contributed by atoms with E-state index in [2.05, 4.69) is 30.3 Å². The fourth-order valence-corrected chi connectivity index (χ4v) is 4.91. The number of nitrogens with zero attached hydrogens (tertiary/aromatic N) is 1. The fraction of sp³-hybridized carbons (Fsp3) is 0.300. The van der Waals surface area contributed by atoms with E-state index in [4.69, 9.17) is 14.6 Å². The molecule has 0 bridgehead atoms. The summed E-state index contributed by atoms with van der Waals surface area (Å²) in [5.74, 6) is -0.954. The Kier molecular flexibility index (Phi) is 10.1. The molecule has 0 spiro atoms. The monoisotopic (exact) mass is 552 g/mol. The molecular weight excluding hydrogens is 520 g/mol. The van der Waals surface area contributed by atoms with E-state index >= 15 is 0 Å². The summed E-state index contributed by atoms with van der Waals surface area (Å²) in [6.07, 6.45) is 3.85. The minimum absolute atomic E-state index is 0. The molecule has 1 atom stereocenters. The second-order valence-corrected chi connectivity index (χ2v) is 9.67. The molecular formula is C30H33ClN2O6. The van der Waals surface area contributed by atoms with Crippen molar-refractivity contribution in [2.24, 2.45) is 0 Å². The van der Waals surface area contributed by atoms with E-state index in [9.17, 15) is 14.4 Å². The maximum atomic E-state index is 12.6. The zero-order valence-electron chi connectivity index (χ0n) is 22.0. The Balaban J connectivity index is 0.00000420. The number of rotatable bonds is 7. The number of carbonyl (C=O) groups excluding carboxylic acids is 2. The number of hydrogen-bond acceptors (Lipinski definition) is 6. The van der Waals surface area contributed by atoms with E-state index in [1.807, 2.05) is 12.1 Å². The van der Waals surface area contributed by atoms with Gasteiger partial charge in [-0.2, -0.15) is 0 Å². The SMILES string of the molecule is CCC1(c2cccc(OC(=O)Nc3ccc(C(=O)Oc4ccc(C(=O)O)cc4)cc3)c2)CCCCN(C)C1.Cl. The molecule has 0 aliphatic carbocycles. The summed E-state index contributed by atoms with van der Waals surface area (Å²) in [5, 5.41) is 11.6. The van der Waals surface area contributed by atoms with Crippen molar-refractivity contribution in [3.8, 4) is 11.5 Å². The standard InChI is InChI=1S/C30H32N2O6.ClH/c1-3-30(17-4-5-18-32(2)20-30)23-7-6-8-26(19-23)38-29(36)31-24-13-9-22(10-14-24)28(35)37-25-15-11-21(12-16-25)27(33)34;/h6-16,19H,3-5,17-18,20H2,1-2H3,(H,31,36)(H,33,34);1H. The number of halogens is 1. The molecule has 1 fully saturated rings. The van der Waals surface area contributed by atoms with Gasteiger partial charge in [0, 0.05) is 17.6 Å². The quantitative estimate of drug-likeness (QED) is 0.258. The fourth-order valence-electron chi connectivity index (χ4n) is 4.91. The van der Waals surface area contributed by atoms with Gasteiger partial charge in [0.1, 0.15) is 11.5 Å². The van der Waals surface area contributed by atoms with Crippen molar-refractivity contribution in [3.05, 3.63) is 89.5 Å². The Bertz CT molecular complexity index is 1300. The number of aromatic carboxylic acids is 1. The summed E-state index contributed by atoms with van der Waals surface area (Å²) < 4.78 is 10.9. The molecule has 3 aromatic carbocycles. The normalized spacial score (nSPS) is 17.3. The first-order chi connectivity index (χ1) is 18.3. The molecule has 2 N–H and O–H groups in total. The molecule has 0 saturated carbocycles. The number of likely N-dealkylation sites (tertiary alicyclic amines) is 1. The number of carbonyl (C=O) groups is 3.